The van der Waals surface area contributed by atoms with Crippen molar-refractivity contribution in [1.82, 2.24) is 30.2 Å². The van der Waals surface area contributed by atoms with Crippen molar-refractivity contribution in [3.05, 3.63) is 64.9 Å². The van der Waals surface area contributed by atoms with Crippen LogP contribution in [0.25, 0.3) is 22.8 Å². The van der Waals surface area contributed by atoms with Crippen molar-refractivity contribution in [3.63, 3.8) is 0 Å². The number of alkyl halides is 3. The number of carbonyl (C=O) groups excluding carboxylic acids is 4. The van der Waals surface area contributed by atoms with Crippen LogP contribution in [-0.4, -0.2) is 61.1 Å². The van der Waals surface area contributed by atoms with E-state index in [9.17, 15) is 36.7 Å². The van der Waals surface area contributed by atoms with E-state index in [2.05, 4.69) is 20.4 Å². The lowest BCUT2D eigenvalue weighted by Gasteiger charge is -2.29. The zero-order chi connectivity index (χ0) is 29.8. The molecule has 3 aliphatic rings. The third-order valence-electron chi connectivity index (χ3n) is 7.21. The minimum atomic E-state index is -4.82. The summed E-state index contributed by atoms with van der Waals surface area (Å²) < 4.78 is 59.6. The van der Waals surface area contributed by atoms with Crippen LogP contribution >= 0.6 is 0 Å². The van der Waals surface area contributed by atoms with Crippen molar-refractivity contribution in [2.45, 2.75) is 44.4 Å². The van der Waals surface area contributed by atoms with Crippen molar-refractivity contribution in [2.24, 2.45) is 0 Å². The van der Waals surface area contributed by atoms with Gasteiger partial charge in [0.2, 0.25) is 23.5 Å². The Morgan fingerprint density at radius 2 is 1.79 bits per heavy atom. The molecule has 15 heteroatoms. The molecule has 1 fully saturated rings. The van der Waals surface area contributed by atoms with Gasteiger partial charge in [-0.2, -0.15) is 18.2 Å². The average molecular weight is 584 g/mol. The number of hydrogen-bond donors (Lipinski definition) is 1. The number of hydrogen-bond acceptors (Lipinski definition) is 9. The molecule has 1 unspecified atom stereocenters. The van der Waals surface area contributed by atoms with Crippen LogP contribution in [0.15, 0.2) is 52.2 Å². The molecule has 2 aromatic heterocycles. The van der Waals surface area contributed by atoms with Gasteiger partial charge in [0.05, 0.1) is 17.8 Å². The molecule has 0 aliphatic carbocycles. The first-order chi connectivity index (χ1) is 20.0. The lowest BCUT2D eigenvalue weighted by molar-refractivity contribution is -0.150. The van der Waals surface area contributed by atoms with Crippen LogP contribution in [0.1, 0.15) is 37.1 Å². The van der Waals surface area contributed by atoms with Gasteiger partial charge in [0, 0.05) is 24.1 Å². The summed E-state index contributed by atoms with van der Waals surface area (Å²) >= 11 is 0. The molecule has 4 amide bonds. The van der Waals surface area contributed by atoms with Gasteiger partial charge >= 0.3 is 6.18 Å². The largest absolute Gasteiger partial charge is 0.417 e. The Morgan fingerprint density at radius 3 is 2.55 bits per heavy atom. The number of amides is 4. The van der Waals surface area contributed by atoms with Crippen molar-refractivity contribution in [2.75, 3.05) is 6.54 Å². The maximum atomic E-state index is 13.6. The molecular weight excluding hydrogens is 564 g/mol. The smallest absolute Gasteiger partial charge is 0.357 e. The van der Waals surface area contributed by atoms with E-state index in [1.807, 2.05) is 0 Å². The van der Waals surface area contributed by atoms with E-state index in [4.69, 9.17) is 4.52 Å². The highest BCUT2D eigenvalue weighted by Crippen LogP contribution is 2.38. The van der Waals surface area contributed by atoms with Gasteiger partial charge in [0.15, 0.2) is 0 Å². The minimum absolute atomic E-state index is 0.000519. The maximum absolute atomic E-state index is 13.6. The van der Waals surface area contributed by atoms with E-state index >= 15 is 0 Å². The molecule has 0 spiro atoms. The van der Waals surface area contributed by atoms with Gasteiger partial charge in [-0.1, -0.05) is 11.2 Å². The third kappa shape index (κ3) is 4.80. The van der Waals surface area contributed by atoms with E-state index < -0.39 is 47.2 Å². The molecule has 0 radical (unpaired) electrons. The first-order valence-electron chi connectivity index (χ1n) is 12.9. The van der Waals surface area contributed by atoms with Crippen molar-refractivity contribution < 1.29 is 41.3 Å². The number of piperidine rings is 1. The second-order valence-corrected chi connectivity index (χ2v) is 9.91. The van der Waals surface area contributed by atoms with Crippen LogP contribution in [-0.2, 0) is 31.9 Å². The molecule has 0 saturated carbocycles. The Bertz CT molecular complexity index is 1680. The third-order valence-corrected chi connectivity index (χ3v) is 7.21. The quantitative estimate of drug-likeness (QED) is 0.354. The lowest BCUT2D eigenvalue weighted by atomic mass is 10.0. The van der Waals surface area contributed by atoms with E-state index in [1.165, 1.54) is 18.2 Å². The van der Waals surface area contributed by atoms with Crippen LogP contribution in [0.5, 0.6) is 0 Å². The molecule has 0 bridgehead atoms. The summed E-state index contributed by atoms with van der Waals surface area (Å²) in [6.45, 7) is 0.307. The van der Waals surface area contributed by atoms with Crippen LogP contribution in [0, 0.1) is 5.82 Å². The van der Waals surface area contributed by atoms with Crippen LogP contribution < -0.4 is 5.32 Å². The Hall–Kier alpha value is -4.95. The first-order valence-corrected chi connectivity index (χ1v) is 12.9. The van der Waals surface area contributed by atoms with Gasteiger partial charge in [0.1, 0.15) is 23.3 Å². The second kappa shape index (κ2) is 10.2. The molecular formula is C27H20F4N6O5. The lowest BCUT2D eigenvalue weighted by Crippen LogP contribution is -2.55. The molecule has 216 valence electrons. The fourth-order valence-electron chi connectivity index (χ4n) is 5.33. The van der Waals surface area contributed by atoms with E-state index in [1.54, 1.807) is 4.90 Å². The Balaban J connectivity index is 1.24. The highest BCUT2D eigenvalue weighted by atomic mass is 19.4. The Kier molecular flexibility index (Phi) is 6.58. The molecule has 1 saturated heterocycles. The van der Waals surface area contributed by atoms with Crippen molar-refractivity contribution in [3.8, 4) is 22.8 Å². The topological polar surface area (TPSA) is 139 Å². The molecule has 1 aromatic carbocycles. The van der Waals surface area contributed by atoms with Gasteiger partial charge in [-0.3, -0.25) is 29.4 Å². The van der Waals surface area contributed by atoms with Crippen molar-refractivity contribution >= 4 is 23.6 Å². The molecule has 3 aromatic rings. The van der Waals surface area contributed by atoms with E-state index in [0.717, 1.165) is 17.0 Å². The average Bonchev–Trinajstić information content (AvgIpc) is 3.51. The van der Waals surface area contributed by atoms with E-state index in [0.29, 0.717) is 25.5 Å². The number of rotatable bonds is 5. The maximum Gasteiger partial charge on any atom is 0.417 e. The Labute approximate surface area is 234 Å². The number of carbonyl (C=O) groups is 4. The minimum Gasteiger partial charge on any atom is -0.357 e. The summed E-state index contributed by atoms with van der Waals surface area (Å²) in [6, 6.07) is 5.45. The highest BCUT2D eigenvalue weighted by molar-refractivity contribution is 6.21. The van der Waals surface area contributed by atoms with Gasteiger partial charge in [-0.25, -0.2) is 9.37 Å². The molecule has 1 atom stereocenters. The number of nitrogens with one attached hydrogen (secondary N) is 1. The number of aromatic nitrogens is 3. The summed E-state index contributed by atoms with van der Waals surface area (Å²) in [5.74, 6) is -3.45. The fraction of sp³-hybridized carbons (Fsp3) is 0.296. The predicted octanol–water partition coefficient (Wildman–Crippen LogP) is 2.98. The fourth-order valence-corrected chi connectivity index (χ4v) is 5.33. The number of benzene rings is 1. The van der Waals surface area contributed by atoms with Gasteiger partial charge in [-0.05, 0) is 49.6 Å². The standard InChI is InChI=1S/C27H20F4N6O5/c28-13-6-7-14(16(11-13)27(29,30)31)17-4-1-5-18(32-17)23-34-21(42-35-23)12-36-10-2-3-15-22(36)26(41)37(25(15)40)19-8-9-20(38)33-24(19)39/h1,4-7,11,19H,2-3,8-10,12H2,(H,33,38,39). The molecule has 3 aliphatic heterocycles. The van der Waals surface area contributed by atoms with Crippen LogP contribution in [0.2, 0.25) is 0 Å². The second-order valence-electron chi connectivity index (χ2n) is 9.91. The zero-order valence-corrected chi connectivity index (χ0v) is 21.6. The SMILES string of the molecule is O=C1CCC(N2C(=O)C3=C(C2=O)N(Cc2nc(-c4cccc(-c5ccc(F)cc5C(F)(F)F)n4)no2)CCC3)C(=O)N1. The summed E-state index contributed by atoms with van der Waals surface area (Å²) in [5.41, 5.74) is -1.13. The zero-order valence-electron chi connectivity index (χ0n) is 21.6. The van der Waals surface area contributed by atoms with Crippen LogP contribution in [0.4, 0.5) is 17.6 Å². The summed E-state index contributed by atoms with van der Waals surface area (Å²) in [7, 11) is 0. The van der Waals surface area contributed by atoms with E-state index in [-0.39, 0.29) is 59.3 Å². The van der Waals surface area contributed by atoms with Crippen molar-refractivity contribution in [1.29, 1.82) is 0 Å². The van der Waals surface area contributed by atoms with Gasteiger partial charge in [-0.15, -0.1) is 0 Å². The number of imide groups is 2. The normalized spacial score (nSPS) is 19.5. The number of nitrogens with zero attached hydrogens (tertiary/aromatic N) is 5. The summed E-state index contributed by atoms with van der Waals surface area (Å²) in [6.07, 6.45) is -3.92. The summed E-state index contributed by atoms with van der Waals surface area (Å²) in [4.78, 5) is 61.4. The molecule has 5 heterocycles. The molecule has 11 nitrogen and oxygen atoms in total. The predicted molar refractivity (Wildman–Crippen MR) is 133 cm³/mol. The number of halogens is 4. The van der Waals surface area contributed by atoms with Gasteiger partial charge < -0.3 is 9.42 Å². The molecule has 42 heavy (non-hydrogen) atoms. The van der Waals surface area contributed by atoms with Crippen LogP contribution in [0.3, 0.4) is 0 Å². The Morgan fingerprint density at radius 1 is 1.00 bits per heavy atom. The molecule has 1 N–H and O–H groups in total. The number of pyridine rings is 1. The molecule has 6 rings (SSSR count). The highest BCUT2D eigenvalue weighted by Gasteiger charge is 2.48. The monoisotopic (exact) mass is 584 g/mol. The summed E-state index contributed by atoms with van der Waals surface area (Å²) in [5, 5.41) is 6.03. The first kappa shape index (κ1) is 27.2. The van der Waals surface area contributed by atoms with Gasteiger partial charge in [0.25, 0.3) is 11.8 Å².